The zero-order chi connectivity index (χ0) is 14.8. The Hall–Kier alpha value is -1.36. The Bertz CT molecular complexity index is 382. The van der Waals surface area contributed by atoms with Crippen LogP contribution in [-0.4, -0.2) is 40.1 Å². The quantitative estimate of drug-likeness (QED) is 0.661. The fraction of sp³-hybridized carbons (Fsp3) is 0.733. The third-order valence-corrected chi connectivity index (χ3v) is 3.29. The molecule has 0 aliphatic heterocycles. The first kappa shape index (κ1) is 16.7. The number of hydrogen-bond acceptors (Lipinski definition) is 3. The van der Waals surface area contributed by atoms with Crippen LogP contribution in [0.15, 0.2) is 12.4 Å². The van der Waals surface area contributed by atoms with Crippen LogP contribution in [0.3, 0.4) is 0 Å². The molecule has 0 fully saturated rings. The molecule has 5 nitrogen and oxygen atoms in total. The van der Waals surface area contributed by atoms with Crippen LogP contribution in [0.5, 0.6) is 0 Å². The van der Waals surface area contributed by atoms with E-state index < -0.39 is 0 Å². The number of carbonyl (C=O) groups excluding carboxylic acids is 1. The number of rotatable bonds is 10. The number of imidazole rings is 1. The number of aromatic nitrogens is 2. The van der Waals surface area contributed by atoms with E-state index >= 15 is 0 Å². The van der Waals surface area contributed by atoms with Crippen molar-refractivity contribution in [3.8, 4) is 0 Å². The molecule has 114 valence electrons. The number of amides is 1. The van der Waals surface area contributed by atoms with E-state index in [2.05, 4.69) is 18.8 Å². The number of hydrogen-bond donors (Lipinski definition) is 0. The van der Waals surface area contributed by atoms with E-state index in [0.717, 1.165) is 44.6 Å². The number of unbranched alkanes of at least 4 members (excludes halogenated alkanes) is 2. The highest BCUT2D eigenvalue weighted by molar-refractivity contribution is 5.77. The van der Waals surface area contributed by atoms with Crippen molar-refractivity contribution >= 4 is 5.91 Å². The molecular weight excluding hydrogens is 254 g/mol. The fourth-order valence-corrected chi connectivity index (χ4v) is 1.92. The summed E-state index contributed by atoms with van der Waals surface area (Å²) < 4.78 is 7.39. The first-order valence-corrected chi connectivity index (χ1v) is 7.50. The molecule has 0 atom stereocenters. The predicted molar refractivity (Wildman–Crippen MR) is 79.3 cm³/mol. The first-order valence-electron chi connectivity index (χ1n) is 7.50. The maximum absolute atomic E-state index is 12.1. The third kappa shape index (κ3) is 5.74. The zero-order valence-electron chi connectivity index (χ0n) is 13.0. The molecule has 1 rings (SSSR count). The minimum absolute atomic E-state index is 0.0844. The lowest BCUT2D eigenvalue weighted by Crippen LogP contribution is -2.35. The van der Waals surface area contributed by atoms with E-state index in [0.29, 0.717) is 6.61 Å². The predicted octanol–water partition coefficient (Wildman–Crippen LogP) is 2.37. The molecule has 0 unspecified atom stereocenters. The summed E-state index contributed by atoms with van der Waals surface area (Å²) in [5.41, 5.74) is 0. The molecule has 0 aromatic carbocycles. The second-order valence-electron chi connectivity index (χ2n) is 5.04. The molecule has 0 spiro atoms. The smallest absolute Gasteiger partial charge is 0.248 e. The Morgan fingerprint density at radius 3 is 2.45 bits per heavy atom. The van der Waals surface area contributed by atoms with Crippen molar-refractivity contribution in [2.75, 3.05) is 19.7 Å². The number of aryl methyl sites for hydroxylation is 1. The van der Waals surface area contributed by atoms with Gasteiger partial charge in [-0.25, -0.2) is 4.98 Å². The van der Waals surface area contributed by atoms with Gasteiger partial charge >= 0.3 is 0 Å². The van der Waals surface area contributed by atoms with Gasteiger partial charge in [0.1, 0.15) is 19.0 Å². The molecule has 0 bridgehead atoms. The van der Waals surface area contributed by atoms with Crippen LogP contribution in [0.4, 0.5) is 0 Å². The summed E-state index contributed by atoms with van der Waals surface area (Å²) in [7, 11) is 1.92. The van der Waals surface area contributed by atoms with Crippen molar-refractivity contribution in [2.24, 2.45) is 7.05 Å². The number of ether oxygens (including phenoxy) is 1. The summed E-state index contributed by atoms with van der Waals surface area (Å²) in [6, 6.07) is 0. The molecule has 1 amide bonds. The monoisotopic (exact) mass is 281 g/mol. The molecule has 0 radical (unpaired) electrons. The van der Waals surface area contributed by atoms with E-state index in [1.165, 1.54) is 0 Å². The minimum atomic E-state index is 0.0844. The summed E-state index contributed by atoms with van der Waals surface area (Å²) in [6.07, 6.45) is 7.91. The van der Waals surface area contributed by atoms with E-state index in [4.69, 9.17) is 4.74 Å². The summed E-state index contributed by atoms with van der Waals surface area (Å²) >= 11 is 0. The van der Waals surface area contributed by atoms with Crippen molar-refractivity contribution in [1.29, 1.82) is 0 Å². The average molecular weight is 281 g/mol. The summed E-state index contributed by atoms with van der Waals surface area (Å²) in [4.78, 5) is 18.2. The highest BCUT2D eigenvalue weighted by atomic mass is 16.5. The minimum Gasteiger partial charge on any atom is -0.364 e. The molecule has 0 aliphatic rings. The lowest BCUT2D eigenvalue weighted by Gasteiger charge is -2.22. The Morgan fingerprint density at radius 2 is 1.95 bits per heavy atom. The van der Waals surface area contributed by atoms with Crippen LogP contribution >= 0.6 is 0 Å². The van der Waals surface area contributed by atoms with Crippen LogP contribution in [-0.2, 0) is 23.2 Å². The van der Waals surface area contributed by atoms with Crippen molar-refractivity contribution in [1.82, 2.24) is 14.5 Å². The second kappa shape index (κ2) is 9.53. The Morgan fingerprint density at radius 1 is 1.30 bits per heavy atom. The van der Waals surface area contributed by atoms with Gasteiger partial charge in [-0.1, -0.05) is 26.7 Å². The van der Waals surface area contributed by atoms with Gasteiger partial charge in [0.2, 0.25) is 5.91 Å². The molecular formula is C15H27N3O2. The fourth-order valence-electron chi connectivity index (χ4n) is 1.92. The van der Waals surface area contributed by atoms with Crippen molar-refractivity contribution in [2.45, 2.75) is 46.1 Å². The van der Waals surface area contributed by atoms with Gasteiger partial charge in [-0.05, 0) is 12.8 Å². The molecule has 5 heteroatoms. The average Bonchev–Trinajstić information content (AvgIpc) is 2.84. The van der Waals surface area contributed by atoms with Gasteiger partial charge in [-0.3, -0.25) is 4.79 Å². The van der Waals surface area contributed by atoms with Crippen LogP contribution in [0.2, 0.25) is 0 Å². The van der Waals surface area contributed by atoms with Gasteiger partial charge < -0.3 is 14.2 Å². The molecule has 1 heterocycles. The van der Waals surface area contributed by atoms with Crippen LogP contribution < -0.4 is 0 Å². The molecule has 1 aromatic heterocycles. The molecule has 20 heavy (non-hydrogen) atoms. The topological polar surface area (TPSA) is 47.4 Å². The van der Waals surface area contributed by atoms with Crippen LogP contribution in [0, 0.1) is 0 Å². The van der Waals surface area contributed by atoms with Crippen molar-refractivity contribution in [3.63, 3.8) is 0 Å². The molecule has 0 saturated heterocycles. The largest absolute Gasteiger partial charge is 0.364 e. The lowest BCUT2D eigenvalue weighted by molar-refractivity contribution is -0.136. The maximum Gasteiger partial charge on any atom is 0.248 e. The first-order chi connectivity index (χ1) is 9.69. The lowest BCUT2D eigenvalue weighted by atomic mass is 10.2. The number of carbonyl (C=O) groups is 1. The Kier molecular flexibility index (Phi) is 7.95. The summed E-state index contributed by atoms with van der Waals surface area (Å²) in [5.74, 6) is 0.924. The van der Waals surface area contributed by atoms with Crippen LogP contribution in [0.1, 0.15) is 45.4 Å². The molecule has 0 N–H and O–H groups in total. The maximum atomic E-state index is 12.1. The standard InChI is InChI=1S/C15H27N3O2/c1-4-6-9-18(10-7-5-2)15(19)13-20-12-14-16-8-11-17(14)3/h8,11H,4-7,9-10,12-13H2,1-3H3. The normalized spacial score (nSPS) is 10.8. The number of nitrogens with zero attached hydrogens (tertiary/aromatic N) is 3. The van der Waals surface area contributed by atoms with Gasteiger partial charge in [0, 0.05) is 32.5 Å². The van der Waals surface area contributed by atoms with E-state index in [1.54, 1.807) is 6.20 Å². The highest BCUT2D eigenvalue weighted by Crippen LogP contribution is 2.02. The molecule has 1 aromatic rings. The Labute approximate surface area is 121 Å². The van der Waals surface area contributed by atoms with Gasteiger partial charge in [0.25, 0.3) is 0 Å². The summed E-state index contributed by atoms with van der Waals surface area (Å²) in [6.45, 7) is 6.47. The van der Waals surface area contributed by atoms with Crippen LogP contribution in [0.25, 0.3) is 0 Å². The summed E-state index contributed by atoms with van der Waals surface area (Å²) in [5, 5.41) is 0. The van der Waals surface area contributed by atoms with Crippen molar-refractivity contribution < 1.29 is 9.53 Å². The zero-order valence-corrected chi connectivity index (χ0v) is 13.0. The van der Waals surface area contributed by atoms with Crippen molar-refractivity contribution in [3.05, 3.63) is 18.2 Å². The van der Waals surface area contributed by atoms with E-state index in [1.807, 2.05) is 22.7 Å². The van der Waals surface area contributed by atoms with E-state index in [-0.39, 0.29) is 12.5 Å². The highest BCUT2D eigenvalue weighted by Gasteiger charge is 2.12. The van der Waals surface area contributed by atoms with Gasteiger partial charge in [-0.15, -0.1) is 0 Å². The molecule has 0 aliphatic carbocycles. The Balaban J connectivity index is 2.34. The SMILES string of the molecule is CCCCN(CCCC)C(=O)COCc1nccn1C. The van der Waals surface area contributed by atoms with Gasteiger partial charge in [0.05, 0.1) is 0 Å². The molecule has 0 saturated carbocycles. The van der Waals surface area contributed by atoms with Gasteiger partial charge in [0.15, 0.2) is 0 Å². The van der Waals surface area contributed by atoms with Gasteiger partial charge in [-0.2, -0.15) is 0 Å². The van der Waals surface area contributed by atoms with E-state index in [9.17, 15) is 4.79 Å². The second-order valence-corrected chi connectivity index (χ2v) is 5.04. The third-order valence-electron chi connectivity index (χ3n) is 3.29.